The van der Waals surface area contributed by atoms with E-state index < -0.39 is 11.6 Å². The van der Waals surface area contributed by atoms with Crippen molar-refractivity contribution < 1.29 is 10.2 Å². The van der Waals surface area contributed by atoms with Gasteiger partial charge in [0.25, 0.3) is 0 Å². The third-order valence-corrected chi connectivity index (χ3v) is 3.48. The Hall–Kier alpha value is -0.280. The van der Waals surface area contributed by atoms with Crippen LogP contribution in [0.1, 0.15) is 19.8 Å². The van der Waals surface area contributed by atoms with E-state index in [1.54, 1.807) is 18.8 Å². The predicted molar refractivity (Wildman–Crippen MR) is 62.7 cm³/mol. The Kier molecular flexibility index (Phi) is 7.79. The first kappa shape index (κ1) is 14.7. The van der Waals surface area contributed by atoms with E-state index in [1.165, 1.54) is 0 Å². The van der Waals surface area contributed by atoms with Gasteiger partial charge in [0.1, 0.15) is 5.54 Å². The highest BCUT2D eigenvalue weighted by Crippen LogP contribution is 2.14. The van der Waals surface area contributed by atoms with Gasteiger partial charge in [0.05, 0.1) is 18.8 Å². The molecule has 0 aromatic heterocycles. The first-order valence-corrected chi connectivity index (χ1v) is 6.20. The van der Waals surface area contributed by atoms with Crippen LogP contribution in [0.4, 0.5) is 0 Å². The van der Waals surface area contributed by atoms with Crippen LogP contribution in [0.5, 0.6) is 0 Å². The van der Waals surface area contributed by atoms with Gasteiger partial charge in [-0.15, -0.1) is 0 Å². The van der Waals surface area contributed by atoms with Crippen molar-refractivity contribution in [3.63, 3.8) is 0 Å². The molecule has 4 nitrogen and oxygen atoms in total. The second kappa shape index (κ2) is 7.94. The highest BCUT2D eigenvalue weighted by molar-refractivity contribution is 7.99. The molecule has 0 heterocycles. The van der Waals surface area contributed by atoms with Crippen LogP contribution in [0.15, 0.2) is 0 Å². The minimum atomic E-state index is -0.623. The summed E-state index contributed by atoms with van der Waals surface area (Å²) in [6.45, 7) is 1.69. The molecule has 5 heteroatoms. The highest BCUT2D eigenvalue weighted by atomic mass is 32.2. The Bertz CT molecular complexity index is 208. The van der Waals surface area contributed by atoms with E-state index in [0.29, 0.717) is 5.75 Å². The lowest BCUT2D eigenvalue weighted by Crippen LogP contribution is -2.37. The normalized spacial score (nSPS) is 16.7. The van der Waals surface area contributed by atoms with Crippen molar-refractivity contribution in [3.05, 3.63) is 0 Å². The van der Waals surface area contributed by atoms with Gasteiger partial charge in [-0.05, 0) is 32.6 Å². The van der Waals surface area contributed by atoms with Gasteiger partial charge in [-0.3, -0.25) is 0 Å². The zero-order valence-corrected chi connectivity index (χ0v) is 10.2. The zero-order valence-electron chi connectivity index (χ0n) is 9.36. The van der Waals surface area contributed by atoms with Gasteiger partial charge in [0.15, 0.2) is 0 Å². The molecule has 88 valence electrons. The third kappa shape index (κ3) is 6.74. The van der Waals surface area contributed by atoms with Crippen LogP contribution < -0.4 is 5.32 Å². The molecule has 0 aromatic rings. The van der Waals surface area contributed by atoms with Crippen LogP contribution in [-0.2, 0) is 0 Å². The monoisotopic (exact) mass is 232 g/mol. The number of aliphatic hydroxyl groups excluding tert-OH is 2. The first-order valence-electron chi connectivity index (χ1n) is 5.05. The minimum Gasteiger partial charge on any atom is -0.394 e. The summed E-state index contributed by atoms with van der Waals surface area (Å²) in [5, 5.41) is 29.5. The van der Waals surface area contributed by atoms with Crippen molar-refractivity contribution in [2.45, 2.75) is 31.4 Å². The molecular formula is C10H20N2O2S. The van der Waals surface area contributed by atoms with Crippen molar-refractivity contribution in [3.8, 4) is 6.07 Å². The van der Waals surface area contributed by atoms with Crippen LogP contribution in [0.3, 0.4) is 0 Å². The van der Waals surface area contributed by atoms with E-state index in [-0.39, 0.29) is 6.61 Å². The Morgan fingerprint density at radius 2 is 2.27 bits per heavy atom. The van der Waals surface area contributed by atoms with E-state index in [0.717, 1.165) is 18.6 Å². The smallest absolute Gasteiger partial charge is 0.103 e. The lowest BCUT2D eigenvalue weighted by Gasteiger charge is -2.20. The van der Waals surface area contributed by atoms with E-state index in [4.69, 9.17) is 15.5 Å². The number of aliphatic hydroxyl groups is 2. The number of nitrogens with zero attached hydrogens (tertiary/aromatic N) is 1. The molecule has 0 saturated heterocycles. The summed E-state index contributed by atoms with van der Waals surface area (Å²) in [6, 6.07) is 2.23. The van der Waals surface area contributed by atoms with E-state index in [9.17, 15) is 0 Å². The van der Waals surface area contributed by atoms with Crippen molar-refractivity contribution in [2.24, 2.45) is 0 Å². The molecule has 0 aliphatic heterocycles. The summed E-state index contributed by atoms with van der Waals surface area (Å²) in [4.78, 5) is 0. The van der Waals surface area contributed by atoms with Crippen LogP contribution in [0.2, 0.25) is 0 Å². The average Bonchev–Trinajstić information content (AvgIpc) is 2.27. The van der Waals surface area contributed by atoms with Crippen LogP contribution >= 0.6 is 11.8 Å². The van der Waals surface area contributed by atoms with Gasteiger partial charge in [-0.2, -0.15) is 17.0 Å². The Balaban J connectivity index is 3.51. The predicted octanol–water partition coefficient (Wildman–Crippen LogP) is 0.355. The molecule has 0 aliphatic carbocycles. The lowest BCUT2D eigenvalue weighted by molar-refractivity contribution is 0.113. The quantitative estimate of drug-likeness (QED) is 0.527. The maximum atomic E-state index is 9.07. The molecule has 15 heavy (non-hydrogen) atoms. The Labute approximate surface area is 95.7 Å². The van der Waals surface area contributed by atoms with E-state index >= 15 is 0 Å². The molecular weight excluding hydrogens is 212 g/mol. The maximum absolute atomic E-state index is 9.07. The summed E-state index contributed by atoms with van der Waals surface area (Å²) in [6.07, 6.45) is 1.09. The first-order chi connectivity index (χ1) is 7.08. The number of hydrogen-bond donors (Lipinski definition) is 3. The lowest BCUT2D eigenvalue weighted by atomic mass is 9.99. The molecule has 0 aromatic carbocycles. The fourth-order valence-corrected chi connectivity index (χ4v) is 1.93. The number of hydrogen-bond acceptors (Lipinski definition) is 5. The van der Waals surface area contributed by atoms with Crippen LogP contribution in [0.25, 0.3) is 0 Å². The van der Waals surface area contributed by atoms with Crippen molar-refractivity contribution in [1.29, 1.82) is 5.26 Å². The van der Waals surface area contributed by atoms with Gasteiger partial charge < -0.3 is 15.5 Å². The van der Waals surface area contributed by atoms with Gasteiger partial charge in [-0.1, -0.05) is 0 Å². The number of nitriles is 1. The van der Waals surface area contributed by atoms with Crippen LogP contribution in [0, 0.1) is 11.3 Å². The number of rotatable bonds is 8. The molecule has 0 fully saturated rings. The summed E-state index contributed by atoms with van der Waals surface area (Å²) >= 11 is 1.60. The molecule has 2 atom stereocenters. The van der Waals surface area contributed by atoms with Crippen molar-refractivity contribution in [1.82, 2.24) is 5.32 Å². The summed E-state index contributed by atoms with van der Waals surface area (Å²) < 4.78 is 0. The van der Waals surface area contributed by atoms with Crippen molar-refractivity contribution in [2.75, 3.05) is 25.2 Å². The molecule has 2 unspecified atom stereocenters. The van der Waals surface area contributed by atoms with Gasteiger partial charge in [0.2, 0.25) is 0 Å². The summed E-state index contributed by atoms with van der Waals surface area (Å²) in [7, 11) is 1.78. The fourth-order valence-electron chi connectivity index (χ4n) is 1.04. The summed E-state index contributed by atoms with van der Waals surface area (Å²) in [5.74, 6) is 1.45. The van der Waals surface area contributed by atoms with E-state index in [2.05, 4.69) is 11.4 Å². The third-order valence-electron chi connectivity index (χ3n) is 2.28. The highest BCUT2D eigenvalue weighted by Gasteiger charge is 2.19. The van der Waals surface area contributed by atoms with Crippen LogP contribution in [-0.4, -0.2) is 47.0 Å². The number of nitrogens with one attached hydrogen (secondary N) is 1. The molecule has 3 N–H and O–H groups in total. The Morgan fingerprint density at radius 1 is 1.60 bits per heavy atom. The maximum Gasteiger partial charge on any atom is 0.103 e. The van der Waals surface area contributed by atoms with Gasteiger partial charge in [-0.25, -0.2) is 0 Å². The SMILES string of the molecule is CNC(C)(C#N)CCCSCC(O)CO. The molecule has 0 spiro atoms. The van der Waals surface area contributed by atoms with Crippen molar-refractivity contribution >= 4 is 11.8 Å². The summed E-state index contributed by atoms with van der Waals surface area (Å²) in [5.41, 5.74) is -0.448. The van der Waals surface area contributed by atoms with Gasteiger partial charge >= 0.3 is 0 Å². The van der Waals surface area contributed by atoms with Gasteiger partial charge in [0, 0.05) is 5.75 Å². The Morgan fingerprint density at radius 3 is 2.73 bits per heavy atom. The molecule has 0 rings (SSSR count). The zero-order chi connectivity index (χ0) is 11.7. The molecule has 0 radical (unpaired) electrons. The molecule has 0 saturated carbocycles. The molecule has 0 bridgehead atoms. The fraction of sp³-hybridized carbons (Fsp3) is 0.900. The molecule has 0 aliphatic rings. The van der Waals surface area contributed by atoms with E-state index in [1.807, 2.05) is 6.92 Å². The second-order valence-corrected chi connectivity index (χ2v) is 4.86. The molecule has 0 amide bonds. The second-order valence-electron chi connectivity index (χ2n) is 3.71. The standard InChI is InChI=1S/C10H20N2O2S/c1-10(8-11,12-2)4-3-5-15-7-9(14)6-13/h9,12-14H,3-7H2,1-2H3. The largest absolute Gasteiger partial charge is 0.394 e. The average molecular weight is 232 g/mol. The number of thioether (sulfide) groups is 1. The topological polar surface area (TPSA) is 76.3 Å². The minimum absolute atomic E-state index is 0.181.